The van der Waals surface area contributed by atoms with Gasteiger partial charge in [-0.2, -0.15) is 9.41 Å². The van der Waals surface area contributed by atoms with Gasteiger partial charge < -0.3 is 9.47 Å². The van der Waals surface area contributed by atoms with Gasteiger partial charge in [-0.1, -0.05) is 13.8 Å². The number of rotatable bonds is 10. The summed E-state index contributed by atoms with van der Waals surface area (Å²) >= 11 is 0. The van der Waals surface area contributed by atoms with Crippen LogP contribution in [0.25, 0.3) is 0 Å². The molecule has 0 fully saturated rings. The number of anilines is 1. The van der Waals surface area contributed by atoms with E-state index in [0.29, 0.717) is 17.1 Å². The van der Waals surface area contributed by atoms with Gasteiger partial charge in [-0.15, -0.1) is 0 Å². The first kappa shape index (κ1) is 23.1. The number of nitrogens with zero attached hydrogens (tertiary/aromatic N) is 3. The zero-order valence-electron chi connectivity index (χ0n) is 17.2. The molecule has 0 aliphatic heterocycles. The normalized spacial score (nSPS) is 11.6. The van der Waals surface area contributed by atoms with Crippen molar-refractivity contribution >= 4 is 27.6 Å². The highest BCUT2D eigenvalue weighted by Crippen LogP contribution is 2.29. The van der Waals surface area contributed by atoms with Crippen LogP contribution in [0, 0.1) is 10.1 Å². The fourth-order valence-corrected chi connectivity index (χ4v) is 4.21. The van der Waals surface area contributed by atoms with Crippen LogP contribution in [0.15, 0.2) is 46.4 Å². The van der Waals surface area contributed by atoms with Crippen LogP contribution in [0.2, 0.25) is 0 Å². The predicted molar refractivity (Wildman–Crippen MR) is 114 cm³/mol. The first-order chi connectivity index (χ1) is 14.3. The smallest absolute Gasteiger partial charge is 0.295 e. The lowest BCUT2D eigenvalue weighted by molar-refractivity contribution is -0.384. The van der Waals surface area contributed by atoms with Crippen LogP contribution in [0.1, 0.15) is 19.4 Å². The number of benzene rings is 2. The summed E-state index contributed by atoms with van der Waals surface area (Å²) in [5.74, 6) is 1.12. The molecule has 0 saturated carbocycles. The van der Waals surface area contributed by atoms with E-state index in [4.69, 9.17) is 9.47 Å². The molecule has 30 heavy (non-hydrogen) atoms. The first-order valence-electron chi connectivity index (χ1n) is 9.08. The quantitative estimate of drug-likeness (QED) is 0.345. The van der Waals surface area contributed by atoms with Crippen molar-refractivity contribution in [2.75, 3.05) is 32.7 Å². The lowest BCUT2D eigenvalue weighted by Gasteiger charge is -2.18. The number of hydrazone groups is 1. The molecule has 0 amide bonds. The molecule has 0 aliphatic carbocycles. The van der Waals surface area contributed by atoms with E-state index < -0.39 is 20.6 Å². The second kappa shape index (κ2) is 10.0. The molecule has 0 bridgehead atoms. The van der Waals surface area contributed by atoms with Gasteiger partial charge in [-0.05, 0) is 24.3 Å². The lowest BCUT2D eigenvalue weighted by Crippen LogP contribution is -2.30. The third kappa shape index (κ3) is 5.05. The van der Waals surface area contributed by atoms with E-state index in [0.717, 1.165) is 6.07 Å². The minimum atomic E-state index is -3.82. The standard InChI is InChI=1S/C19H24N4O6S/c1-5-22(6-2)30(26,27)16-9-10-17(18(12-16)23(24)25)21-20-13-14-7-8-15(28-3)11-19(14)29-4/h7-13,21H,5-6H2,1-4H3/b20-13-. The highest BCUT2D eigenvalue weighted by atomic mass is 32.2. The molecule has 0 radical (unpaired) electrons. The van der Waals surface area contributed by atoms with Crippen molar-refractivity contribution in [1.29, 1.82) is 0 Å². The van der Waals surface area contributed by atoms with E-state index in [9.17, 15) is 18.5 Å². The molecule has 2 rings (SSSR count). The molecule has 1 N–H and O–H groups in total. The Labute approximate surface area is 175 Å². The molecule has 162 valence electrons. The molecule has 0 aromatic heterocycles. The molecule has 2 aromatic carbocycles. The number of nitro benzene ring substituents is 1. The summed E-state index contributed by atoms with van der Waals surface area (Å²) in [5, 5.41) is 15.5. The molecule has 0 atom stereocenters. The zero-order valence-corrected chi connectivity index (χ0v) is 18.0. The Morgan fingerprint density at radius 3 is 2.40 bits per heavy atom. The van der Waals surface area contributed by atoms with Gasteiger partial charge in [0.2, 0.25) is 10.0 Å². The third-order valence-corrected chi connectivity index (χ3v) is 6.38. The van der Waals surface area contributed by atoms with E-state index in [1.807, 2.05) is 0 Å². The van der Waals surface area contributed by atoms with Crippen molar-refractivity contribution < 1.29 is 22.8 Å². The topological polar surface area (TPSA) is 123 Å². The average Bonchev–Trinajstić information content (AvgIpc) is 2.74. The van der Waals surface area contributed by atoms with Crippen molar-refractivity contribution in [3.8, 4) is 11.5 Å². The van der Waals surface area contributed by atoms with Crippen molar-refractivity contribution in [1.82, 2.24) is 4.31 Å². The summed E-state index contributed by atoms with van der Waals surface area (Å²) in [6.45, 7) is 3.93. The molecular formula is C19H24N4O6S. The van der Waals surface area contributed by atoms with Gasteiger partial charge in [-0.3, -0.25) is 15.5 Å². The Hall–Kier alpha value is -3.18. The molecule has 11 heteroatoms. The molecule has 0 heterocycles. The van der Waals surface area contributed by atoms with Crippen LogP contribution in [0.5, 0.6) is 11.5 Å². The van der Waals surface area contributed by atoms with Gasteiger partial charge in [0.25, 0.3) is 5.69 Å². The maximum absolute atomic E-state index is 12.6. The van der Waals surface area contributed by atoms with Gasteiger partial charge in [0.05, 0.1) is 30.3 Å². The number of nitrogens with one attached hydrogen (secondary N) is 1. The summed E-state index contributed by atoms with van der Waals surface area (Å²) in [7, 11) is -0.784. The fourth-order valence-electron chi connectivity index (χ4n) is 2.73. The van der Waals surface area contributed by atoms with Crippen molar-refractivity contribution in [2.24, 2.45) is 5.10 Å². The van der Waals surface area contributed by atoms with Gasteiger partial charge in [0.1, 0.15) is 17.2 Å². The Bertz CT molecular complexity index is 1040. The fraction of sp³-hybridized carbons (Fsp3) is 0.316. The number of nitro groups is 1. The summed E-state index contributed by atoms with van der Waals surface area (Å²) < 4.78 is 36.9. The zero-order chi connectivity index (χ0) is 22.3. The monoisotopic (exact) mass is 436 g/mol. The molecule has 0 aliphatic rings. The van der Waals surface area contributed by atoms with Crippen LogP contribution in [-0.2, 0) is 10.0 Å². The van der Waals surface area contributed by atoms with Crippen LogP contribution < -0.4 is 14.9 Å². The molecule has 2 aromatic rings. The molecule has 0 spiro atoms. The van der Waals surface area contributed by atoms with Gasteiger partial charge in [0.15, 0.2) is 0 Å². The predicted octanol–water partition coefficient (Wildman–Crippen LogP) is 3.09. The summed E-state index contributed by atoms with van der Waals surface area (Å²) in [5.41, 5.74) is 2.87. The lowest BCUT2D eigenvalue weighted by atomic mass is 10.2. The van der Waals surface area contributed by atoms with E-state index >= 15 is 0 Å². The average molecular weight is 436 g/mol. The molecule has 10 nitrogen and oxygen atoms in total. The number of ether oxygens (including phenoxy) is 2. The van der Waals surface area contributed by atoms with E-state index in [2.05, 4.69) is 10.5 Å². The Balaban J connectivity index is 2.33. The molecule has 0 unspecified atom stereocenters. The molecular weight excluding hydrogens is 412 g/mol. The Morgan fingerprint density at radius 2 is 1.83 bits per heavy atom. The van der Waals surface area contributed by atoms with E-state index in [-0.39, 0.29) is 23.7 Å². The summed E-state index contributed by atoms with van der Waals surface area (Å²) in [4.78, 5) is 10.7. The van der Waals surface area contributed by atoms with Crippen LogP contribution in [0.4, 0.5) is 11.4 Å². The second-order valence-corrected chi connectivity index (χ2v) is 7.94. The summed E-state index contributed by atoms with van der Waals surface area (Å²) in [6, 6.07) is 8.77. The Kier molecular flexibility index (Phi) is 7.72. The number of hydrogen-bond acceptors (Lipinski definition) is 8. The Morgan fingerprint density at radius 1 is 1.13 bits per heavy atom. The number of sulfonamides is 1. The van der Waals surface area contributed by atoms with E-state index in [1.54, 1.807) is 32.0 Å². The van der Waals surface area contributed by atoms with Crippen molar-refractivity contribution in [3.63, 3.8) is 0 Å². The SMILES string of the molecule is CCN(CC)S(=O)(=O)c1ccc(N/N=C\c2ccc(OC)cc2OC)c([N+](=O)[O-])c1. The minimum absolute atomic E-state index is 0.0576. The number of hydrogen-bond donors (Lipinski definition) is 1. The van der Waals surface area contributed by atoms with Gasteiger partial charge >= 0.3 is 0 Å². The highest BCUT2D eigenvalue weighted by Gasteiger charge is 2.25. The third-order valence-electron chi connectivity index (χ3n) is 4.34. The maximum atomic E-state index is 12.6. The van der Waals surface area contributed by atoms with E-state index in [1.165, 1.54) is 36.9 Å². The highest BCUT2D eigenvalue weighted by molar-refractivity contribution is 7.89. The minimum Gasteiger partial charge on any atom is -0.497 e. The summed E-state index contributed by atoms with van der Waals surface area (Å²) in [6.07, 6.45) is 1.43. The van der Waals surface area contributed by atoms with Crippen LogP contribution in [-0.4, -0.2) is 51.2 Å². The van der Waals surface area contributed by atoms with Gasteiger partial charge in [-0.25, -0.2) is 8.42 Å². The maximum Gasteiger partial charge on any atom is 0.295 e. The van der Waals surface area contributed by atoms with Crippen LogP contribution in [0.3, 0.4) is 0 Å². The largest absolute Gasteiger partial charge is 0.497 e. The van der Waals surface area contributed by atoms with Gasteiger partial charge in [0, 0.05) is 30.8 Å². The van der Waals surface area contributed by atoms with Crippen molar-refractivity contribution in [3.05, 3.63) is 52.1 Å². The molecule has 0 saturated heterocycles. The second-order valence-electron chi connectivity index (χ2n) is 6.00. The van der Waals surface area contributed by atoms with Crippen LogP contribution >= 0.6 is 0 Å². The number of methoxy groups -OCH3 is 2. The first-order valence-corrected chi connectivity index (χ1v) is 10.5. The van der Waals surface area contributed by atoms with Crippen molar-refractivity contribution in [2.45, 2.75) is 18.7 Å².